The van der Waals surface area contributed by atoms with Crippen LogP contribution in [0.5, 0.6) is 0 Å². The fraction of sp³-hybridized carbons (Fsp3) is 0.231. The smallest absolute Gasteiger partial charge is 0.158 e. The van der Waals surface area contributed by atoms with Gasteiger partial charge < -0.3 is 5.11 Å². The second-order valence-electron chi connectivity index (χ2n) is 4.39. The number of benzene rings is 1. The largest absolute Gasteiger partial charge is 0.380 e. The van der Waals surface area contributed by atoms with E-state index in [0.29, 0.717) is 12.0 Å². The molecule has 18 heavy (non-hydrogen) atoms. The third-order valence-electron chi connectivity index (χ3n) is 3.38. The zero-order chi connectivity index (χ0) is 12.8. The second-order valence-corrected chi connectivity index (χ2v) is 5.13. The van der Waals surface area contributed by atoms with Crippen molar-refractivity contribution in [3.63, 3.8) is 0 Å². The van der Waals surface area contributed by atoms with Crippen molar-refractivity contribution in [1.82, 2.24) is 10.2 Å². The van der Waals surface area contributed by atoms with Crippen molar-refractivity contribution >= 4 is 23.2 Å². The lowest BCUT2D eigenvalue weighted by Gasteiger charge is -2.25. The van der Waals surface area contributed by atoms with Crippen molar-refractivity contribution in [3.8, 4) is 0 Å². The molecule has 0 saturated carbocycles. The summed E-state index contributed by atoms with van der Waals surface area (Å²) in [6.45, 7) is 0. The van der Waals surface area contributed by atoms with Gasteiger partial charge in [-0.2, -0.15) is 0 Å². The maximum Gasteiger partial charge on any atom is 0.158 e. The molecule has 3 rings (SSSR count). The molecule has 92 valence electrons. The molecule has 1 aromatic carbocycles. The SMILES string of the molecule is OC1(c2cc(Cl)nnc2Cl)CCc2ccccc21. The number of aliphatic hydroxyl groups is 1. The quantitative estimate of drug-likeness (QED) is 0.874. The van der Waals surface area contributed by atoms with E-state index >= 15 is 0 Å². The fourth-order valence-electron chi connectivity index (χ4n) is 2.51. The fourth-order valence-corrected chi connectivity index (χ4v) is 2.91. The van der Waals surface area contributed by atoms with E-state index in [-0.39, 0.29) is 10.3 Å². The minimum atomic E-state index is -1.12. The molecular weight excluding hydrogens is 271 g/mol. The molecule has 1 aliphatic carbocycles. The predicted octanol–water partition coefficient (Wildman–Crippen LogP) is 2.97. The molecule has 3 nitrogen and oxygen atoms in total. The van der Waals surface area contributed by atoms with Crippen LogP contribution in [0.2, 0.25) is 10.3 Å². The predicted molar refractivity (Wildman–Crippen MR) is 69.8 cm³/mol. The number of hydrogen-bond acceptors (Lipinski definition) is 3. The normalized spacial score (nSPS) is 21.9. The molecule has 0 spiro atoms. The van der Waals surface area contributed by atoms with Gasteiger partial charge in [-0.25, -0.2) is 0 Å². The average Bonchev–Trinajstić information content (AvgIpc) is 2.72. The molecule has 1 aromatic heterocycles. The molecule has 1 heterocycles. The first-order chi connectivity index (χ1) is 8.61. The van der Waals surface area contributed by atoms with Crippen molar-refractivity contribution in [2.24, 2.45) is 0 Å². The van der Waals surface area contributed by atoms with Gasteiger partial charge in [-0.05, 0) is 30.0 Å². The van der Waals surface area contributed by atoms with Crippen molar-refractivity contribution in [2.45, 2.75) is 18.4 Å². The Kier molecular flexibility index (Phi) is 2.77. The molecule has 1 unspecified atom stereocenters. The van der Waals surface area contributed by atoms with Gasteiger partial charge in [0.05, 0.1) is 0 Å². The molecular formula is C13H10Cl2N2O. The van der Waals surface area contributed by atoms with Crippen LogP contribution in [0, 0.1) is 0 Å². The second kappa shape index (κ2) is 4.19. The summed E-state index contributed by atoms with van der Waals surface area (Å²) in [5.74, 6) is 0. The molecule has 0 radical (unpaired) electrons. The van der Waals surface area contributed by atoms with E-state index in [9.17, 15) is 5.11 Å². The number of aryl methyl sites for hydroxylation is 1. The molecule has 0 saturated heterocycles. The van der Waals surface area contributed by atoms with Crippen LogP contribution in [-0.4, -0.2) is 15.3 Å². The van der Waals surface area contributed by atoms with E-state index in [4.69, 9.17) is 23.2 Å². The van der Waals surface area contributed by atoms with Crippen LogP contribution in [0.25, 0.3) is 0 Å². The summed E-state index contributed by atoms with van der Waals surface area (Å²) in [4.78, 5) is 0. The molecule has 0 fully saturated rings. The van der Waals surface area contributed by atoms with Crippen LogP contribution >= 0.6 is 23.2 Å². The van der Waals surface area contributed by atoms with Crippen LogP contribution in [0.4, 0.5) is 0 Å². The van der Waals surface area contributed by atoms with Crippen LogP contribution in [0.15, 0.2) is 30.3 Å². The van der Waals surface area contributed by atoms with Crippen molar-refractivity contribution < 1.29 is 5.11 Å². The highest BCUT2D eigenvalue weighted by atomic mass is 35.5. The van der Waals surface area contributed by atoms with Gasteiger partial charge in [0.15, 0.2) is 10.3 Å². The summed E-state index contributed by atoms with van der Waals surface area (Å²) >= 11 is 11.9. The highest BCUT2D eigenvalue weighted by Crippen LogP contribution is 2.43. The zero-order valence-electron chi connectivity index (χ0n) is 9.40. The van der Waals surface area contributed by atoms with E-state index in [2.05, 4.69) is 10.2 Å². The van der Waals surface area contributed by atoms with E-state index in [1.807, 2.05) is 24.3 Å². The number of rotatable bonds is 1. The first-order valence-electron chi connectivity index (χ1n) is 5.61. The molecule has 2 aromatic rings. The van der Waals surface area contributed by atoms with E-state index in [0.717, 1.165) is 17.5 Å². The Hall–Kier alpha value is -1.16. The molecule has 0 aliphatic heterocycles. The van der Waals surface area contributed by atoms with Gasteiger partial charge in [0.25, 0.3) is 0 Å². The molecule has 1 atom stereocenters. The van der Waals surface area contributed by atoms with Gasteiger partial charge in [0.1, 0.15) is 5.60 Å². The van der Waals surface area contributed by atoms with Crippen LogP contribution < -0.4 is 0 Å². The molecule has 5 heteroatoms. The Labute approximate surface area is 114 Å². The average molecular weight is 281 g/mol. The molecule has 0 bridgehead atoms. The van der Waals surface area contributed by atoms with Crippen molar-refractivity contribution in [3.05, 3.63) is 57.3 Å². The summed E-state index contributed by atoms with van der Waals surface area (Å²) < 4.78 is 0. The summed E-state index contributed by atoms with van der Waals surface area (Å²) in [5, 5.41) is 18.8. The highest BCUT2D eigenvalue weighted by molar-refractivity contribution is 6.31. The first kappa shape index (κ1) is 11.9. The minimum absolute atomic E-state index is 0.193. The van der Waals surface area contributed by atoms with E-state index in [1.165, 1.54) is 0 Å². The van der Waals surface area contributed by atoms with Crippen LogP contribution in [-0.2, 0) is 12.0 Å². The van der Waals surface area contributed by atoms with Gasteiger partial charge in [-0.3, -0.25) is 0 Å². The summed E-state index contributed by atoms with van der Waals surface area (Å²) in [6.07, 6.45) is 1.39. The third-order valence-corrected chi connectivity index (χ3v) is 3.85. The number of aromatic nitrogens is 2. The number of fused-ring (bicyclic) bond motifs is 1. The topological polar surface area (TPSA) is 46.0 Å². The summed E-state index contributed by atoms with van der Waals surface area (Å²) in [5.41, 5.74) is 1.40. The van der Waals surface area contributed by atoms with Gasteiger partial charge in [0.2, 0.25) is 0 Å². The molecule has 1 N–H and O–H groups in total. The molecule has 1 aliphatic rings. The van der Waals surface area contributed by atoms with Gasteiger partial charge in [0, 0.05) is 5.56 Å². The number of halogens is 2. The van der Waals surface area contributed by atoms with Crippen LogP contribution in [0.3, 0.4) is 0 Å². The lowest BCUT2D eigenvalue weighted by molar-refractivity contribution is 0.0825. The summed E-state index contributed by atoms with van der Waals surface area (Å²) in [6, 6.07) is 9.37. The van der Waals surface area contributed by atoms with Crippen LogP contribution in [0.1, 0.15) is 23.1 Å². The van der Waals surface area contributed by atoms with Crippen molar-refractivity contribution in [2.75, 3.05) is 0 Å². The number of nitrogens with zero attached hydrogens (tertiary/aromatic N) is 2. The van der Waals surface area contributed by atoms with E-state index < -0.39 is 5.60 Å². The van der Waals surface area contributed by atoms with E-state index in [1.54, 1.807) is 6.07 Å². The maximum atomic E-state index is 10.9. The Balaban J connectivity index is 2.20. The number of hydrogen-bond donors (Lipinski definition) is 1. The molecule has 0 amide bonds. The zero-order valence-corrected chi connectivity index (χ0v) is 10.9. The Morgan fingerprint density at radius 1 is 1.11 bits per heavy atom. The van der Waals surface area contributed by atoms with Crippen molar-refractivity contribution in [1.29, 1.82) is 0 Å². The first-order valence-corrected chi connectivity index (χ1v) is 6.37. The highest BCUT2D eigenvalue weighted by Gasteiger charge is 2.40. The van der Waals surface area contributed by atoms with Gasteiger partial charge in [-0.15, -0.1) is 10.2 Å². The van der Waals surface area contributed by atoms with Gasteiger partial charge >= 0.3 is 0 Å². The standard InChI is InChI=1S/C13H10Cl2N2O/c14-11-7-10(12(15)17-16-11)13(18)6-5-8-3-1-2-4-9(8)13/h1-4,7,18H,5-6H2. The monoisotopic (exact) mass is 280 g/mol. The lowest BCUT2D eigenvalue weighted by Crippen LogP contribution is -2.25. The third kappa shape index (κ3) is 1.70. The minimum Gasteiger partial charge on any atom is -0.380 e. The lowest BCUT2D eigenvalue weighted by atomic mass is 9.89. The maximum absolute atomic E-state index is 10.9. The van der Waals surface area contributed by atoms with Gasteiger partial charge in [-0.1, -0.05) is 47.5 Å². The summed E-state index contributed by atoms with van der Waals surface area (Å²) in [7, 11) is 0. The Bertz CT molecular complexity index is 618. The Morgan fingerprint density at radius 2 is 1.89 bits per heavy atom. The Morgan fingerprint density at radius 3 is 2.72 bits per heavy atom.